The Hall–Kier alpha value is -1.75. The number of carboxylic acids is 1. The fraction of sp³-hybridized carbons (Fsp3) is 0.533. The normalized spacial score (nSPS) is 22.3. The van der Waals surface area contributed by atoms with Crippen molar-refractivity contribution in [3.63, 3.8) is 0 Å². The van der Waals surface area contributed by atoms with Crippen molar-refractivity contribution < 1.29 is 19.4 Å². The standard InChI is InChI=1S/C15H21NO4/c1-16(12-6-3-4-7-13(12)19-2)10-15(14(17)18)8-5-9-20-11-15/h3-4,6-7H,5,8-11H2,1-2H3,(H,17,18). The van der Waals surface area contributed by atoms with Crippen molar-refractivity contribution in [3.05, 3.63) is 24.3 Å². The molecule has 2 rings (SSSR count). The van der Waals surface area contributed by atoms with Gasteiger partial charge in [0, 0.05) is 20.2 Å². The Morgan fingerprint density at radius 2 is 2.25 bits per heavy atom. The molecule has 1 fully saturated rings. The first-order valence-corrected chi connectivity index (χ1v) is 6.74. The summed E-state index contributed by atoms with van der Waals surface area (Å²) in [7, 11) is 3.50. The number of nitrogens with zero attached hydrogens (tertiary/aromatic N) is 1. The van der Waals surface area contributed by atoms with Gasteiger partial charge in [0.2, 0.25) is 0 Å². The third kappa shape index (κ3) is 2.88. The number of benzene rings is 1. The van der Waals surface area contributed by atoms with E-state index in [1.54, 1.807) is 7.11 Å². The summed E-state index contributed by atoms with van der Waals surface area (Å²) < 4.78 is 10.7. The van der Waals surface area contributed by atoms with Gasteiger partial charge in [0.05, 0.1) is 19.4 Å². The highest BCUT2D eigenvalue weighted by atomic mass is 16.5. The molecular weight excluding hydrogens is 258 g/mol. The summed E-state index contributed by atoms with van der Waals surface area (Å²) >= 11 is 0. The Labute approximate surface area is 119 Å². The maximum atomic E-state index is 11.7. The zero-order valence-electron chi connectivity index (χ0n) is 12.0. The molecular formula is C15H21NO4. The SMILES string of the molecule is COc1ccccc1N(C)CC1(C(=O)O)CCCOC1. The second kappa shape index (κ2) is 6.13. The molecule has 0 aliphatic carbocycles. The van der Waals surface area contributed by atoms with E-state index in [1.165, 1.54) is 0 Å². The minimum absolute atomic E-state index is 0.266. The molecule has 0 spiro atoms. The van der Waals surface area contributed by atoms with Crippen LogP contribution in [0.2, 0.25) is 0 Å². The van der Waals surface area contributed by atoms with E-state index in [0.717, 1.165) is 17.9 Å². The number of hydrogen-bond acceptors (Lipinski definition) is 4. The Bertz CT molecular complexity index is 469. The molecule has 20 heavy (non-hydrogen) atoms. The number of carboxylic acid groups (broad SMARTS) is 1. The molecule has 1 N–H and O–H groups in total. The first-order valence-electron chi connectivity index (χ1n) is 6.74. The number of para-hydroxylation sites is 2. The molecule has 1 unspecified atom stereocenters. The van der Waals surface area contributed by atoms with E-state index < -0.39 is 11.4 Å². The fourth-order valence-electron chi connectivity index (χ4n) is 2.70. The molecule has 110 valence electrons. The number of carbonyl (C=O) groups is 1. The van der Waals surface area contributed by atoms with Crippen LogP contribution < -0.4 is 9.64 Å². The molecule has 1 aromatic rings. The minimum atomic E-state index is -0.839. The highest BCUT2D eigenvalue weighted by Crippen LogP contribution is 2.34. The number of hydrogen-bond donors (Lipinski definition) is 1. The van der Waals surface area contributed by atoms with Crippen molar-refractivity contribution in [1.29, 1.82) is 0 Å². The average Bonchev–Trinajstić information content (AvgIpc) is 2.48. The van der Waals surface area contributed by atoms with Crippen LogP contribution in [0.5, 0.6) is 5.75 Å². The summed E-state index contributed by atoms with van der Waals surface area (Å²) in [5.41, 5.74) is 0.0506. The summed E-state index contributed by atoms with van der Waals surface area (Å²) in [4.78, 5) is 13.6. The molecule has 1 aliphatic heterocycles. The van der Waals surface area contributed by atoms with Gasteiger partial charge in [0.1, 0.15) is 11.2 Å². The van der Waals surface area contributed by atoms with E-state index in [-0.39, 0.29) is 6.61 Å². The van der Waals surface area contributed by atoms with Crippen molar-refractivity contribution in [2.24, 2.45) is 5.41 Å². The van der Waals surface area contributed by atoms with Crippen LogP contribution in [0.25, 0.3) is 0 Å². The van der Waals surface area contributed by atoms with Crippen molar-refractivity contribution in [1.82, 2.24) is 0 Å². The second-order valence-electron chi connectivity index (χ2n) is 5.27. The third-order valence-corrected chi connectivity index (χ3v) is 3.81. The predicted octanol–water partition coefficient (Wildman–Crippen LogP) is 2.01. The van der Waals surface area contributed by atoms with Crippen LogP contribution in [-0.2, 0) is 9.53 Å². The molecule has 1 atom stereocenters. The molecule has 0 amide bonds. The average molecular weight is 279 g/mol. The summed E-state index contributed by atoms with van der Waals surface area (Å²) in [5, 5.41) is 9.57. The third-order valence-electron chi connectivity index (χ3n) is 3.81. The van der Waals surface area contributed by atoms with Crippen LogP contribution in [0.1, 0.15) is 12.8 Å². The molecule has 0 saturated carbocycles. The van der Waals surface area contributed by atoms with Gasteiger partial charge in [0.25, 0.3) is 0 Å². The Morgan fingerprint density at radius 1 is 1.50 bits per heavy atom. The van der Waals surface area contributed by atoms with Crippen LogP contribution in [0, 0.1) is 5.41 Å². The van der Waals surface area contributed by atoms with Gasteiger partial charge in [-0.1, -0.05) is 12.1 Å². The zero-order valence-corrected chi connectivity index (χ0v) is 12.0. The van der Waals surface area contributed by atoms with Gasteiger partial charge < -0.3 is 19.5 Å². The predicted molar refractivity (Wildman–Crippen MR) is 76.4 cm³/mol. The van der Waals surface area contributed by atoms with Gasteiger partial charge in [0.15, 0.2) is 0 Å². The van der Waals surface area contributed by atoms with Crippen molar-refractivity contribution >= 4 is 11.7 Å². The molecule has 0 radical (unpaired) electrons. The highest BCUT2D eigenvalue weighted by molar-refractivity contribution is 5.76. The Morgan fingerprint density at radius 3 is 2.85 bits per heavy atom. The number of anilines is 1. The van der Waals surface area contributed by atoms with Gasteiger partial charge in [-0.2, -0.15) is 0 Å². The highest BCUT2D eigenvalue weighted by Gasteiger charge is 2.41. The summed E-state index contributed by atoms with van der Waals surface area (Å²) in [5.74, 6) is -0.0498. The van der Waals surface area contributed by atoms with E-state index in [9.17, 15) is 9.90 Å². The molecule has 1 saturated heterocycles. The van der Waals surface area contributed by atoms with Crippen LogP contribution in [-0.4, -0.2) is 45.0 Å². The van der Waals surface area contributed by atoms with Crippen LogP contribution >= 0.6 is 0 Å². The number of methoxy groups -OCH3 is 1. The molecule has 1 aliphatic rings. The van der Waals surface area contributed by atoms with Gasteiger partial charge in [-0.25, -0.2) is 0 Å². The van der Waals surface area contributed by atoms with E-state index in [2.05, 4.69) is 0 Å². The topological polar surface area (TPSA) is 59.0 Å². The van der Waals surface area contributed by atoms with Gasteiger partial charge >= 0.3 is 5.97 Å². The van der Waals surface area contributed by atoms with Crippen molar-refractivity contribution in [2.45, 2.75) is 12.8 Å². The number of ether oxygens (including phenoxy) is 2. The van der Waals surface area contributed by atoms with Crippen LogP contribution in [0.3, 0.4) is 0 Å². The van der Waals surface area contributed by atoms with Gasteiger partial charge in [-0.3, -0.25) is 4.79 Å². The smallest absolute Gasteiger partial charge is 0.313 e. The fourth-order valence-corrected chi connectivity index (χ4v) is 2.70. The molecule has 5 heteroatoms. The molecule has 0 bridgehead atoms. The lowest BCUT2D eigenvalue weighted by molar-refractivity contribution is -0.156. The molecule has 0 aromatic heterocycles. The summed E-state index contributed by atoms with van der Waals surface area (Å²) in [6, 6.07) is 7.61. The lowest BCUT2D eigenvalue weighted by Gasteiger charge is -2.37. The van der Waals surface area contributed by atoms with Gasteiger partial charge in [-0.15, -0.1) is 0 Å². The summed E-state index contributed by atoms with van der Waals surface area (Å²) in [6.45, 7) is 1.32. The zero-order chi connectivity index (χ0) is 14.6. The second-order valence-corrected chi connectivity index (χ2v) is 5.27. The number of rotatable bonds is 5. The van der Waals surface area contributed by atoms with E-state index in [0.29, 0.717) is 19.6 Å². The Balaban J connectivity index is 2.20. The lowest BCUT2D eigenvalue weighted by Crippen LogP contribution is -2.47. The molecule has 1 aromatic carbocycles. The van der Waals surface area contributed by atoms with Crippen LogP contribution in [0.4, 0.5) is 5.69 Å². The van der Waals surface area contributed by atoms with E-state index >= 15 is 0 Å². The van der Waals surface area contributed by atoms with Crippen molar-refractivity contribution in [3.8, 4) is 5.75 Å². The monoisotopic (exact) mass is 279 g/mol. The molecule has 5 nitrogen and oxygen atoms in total. The van der Waals surface area contributed by atoms with E-state index in [1.807, 2.05) is 36.2 Å². The summed E-state index contributed by atoms with van der Waals surface area (Å²) in [6.07, 6.45) is 1.42. The Kier molecular flexibility index (Phi) is 4.49. The first kappa shape index (κ1) is 14.7. The number of aliphatic carboxylic acids is 1. The minimum Gasteiger partial charge on any atom is -0.495 e. The largest absolute Gasteiger partial charge is 0.495 e. The molecule has 1 heterocycles. The maximum absolute atomic E-state index is 11.7. The van der Waals surface area contributed by atoms with E-state index in [4.69, 9.17) is 9.47 Å². The first-order chi connectivity index (χ1) is 9.59. The quantitative estimate of drug-likeness (QED) is 0.893. The maximum Gasteiger partial charge on any atom is 0.313 e. The van der Waals surface area contributed by atoms with Crippen LogP contribution in [0.15, 0.2) is 24.3 Å². The van der Waals surface area contributed by atoms with Crippen molar-refractivity contribution in [2.75, 3.05) is 38.8 Å². The lowest BCUT2D eigenvalue weighted by atomic mass is 9.82. The van der Waals surface area contributed by atoms with Gasteiger partial charge in [-0.05, 0) is 25.0 Å².